The number of nitriles is 1. The summed E-state index contributed by atoms with van der Waals surface area (Å²) in [5, 5.41) is 17.7. The third kappa shape index (κ3) is 3.26. The second-order valence-electron chi connectivity index (χ2n) is 4.61. The van der Waals surface area contributed by atoms with Crippen LogP contribution in [0.5, 0.6) is 0 Å². The van der Waals surface area contributed by atoms with E-state index < -0.39 is 0 Å². The Kier molecular flexibility index (Phi) is 4.71. The van der Waals surface area contributed by atoms with E-state index in [1.807, 2.05) is 12.1 Å². The molecule has 0 aliphatic carbocycles. The zero-order valence-corrected chi connectivity index (χ0v) is 13.2. The summed E-state index contributed by atoms with van der Waals surface area (Å²) in [5.41, 5.74) is 2.20. The normalized spacial score (nSPS) is 10.6. The van der Waals surface area contributed by atoms with E-state index in [-0.39, 0.29) is 0 Å². The number of nitrogens with one attached hydrogen (secondary N) is 1. The Balaban J connectivity index is 1.99. The maximum Gasteiger partial charge on any atom is 0.158 e. The van der Waals surface area contributed by atoms with Gasteiger partial charge in [-0.2, -0.15) is 14.9 Å². The van der Waals surface area contributed by atoms with E-state index >= 15 is 0 Å². The number of anilines is 1. The number of pyridine rings is 1. The van der Waals surface area contributed by atoms with Crippen molar-refractivity contribution >= 4 is 23.2 Å². The SMILES string of the molecule is COCSc1nc2ccnn2c(NCc2ccncc2)c1C#N. The third-order valence-corrected chi connectivity index (χ3v) is 4.06. The van der Waals surface area contributed by atoms with Gasteiger partial charge < -0.3 is 10.1 Å². The summed E-state index contributed by atoms with van der Waals surface area (Å²) in [6.45, 7) is 0.560. The summed E-state index contributed by atoms with van der Waals surface area (Å²) in [4.78, 5) is 8.47. The highest BCUT2D eigenvalue weighted by Gasteiger charge is 2.16. The summed E-state index contributed by atoms with van der Waals surface area (Å²) in [5.74, 6) is 1.05. The lowest BCUT2D eigenvalue weighted by Crippen LogP contribution is -2.10. The molecule has 1 N–H and O–H groups in total. The fourth-order valence-corrected chi connectivity index (χ4v) is 2.76. The van der Waals surface area contributed by atoms with Gasteiger partial charge in [-0.05, 0) is 17.7 Å². The molecule has 23 heavy (non-hydrogen) atoms. The maximum atomic E-state index is 9.56. The molecule has 0 saturated carbocycles. The minimum absolute atomic E-state index is 0.426. The van der Waals surface area contributed by atoms with Crippen molar-refractivity contribution in [2.75, 3.05) is 18.4 Å². The number of thioether (sulfide) groups is 1. The van der Waals surface area contributed by atoms with Crippen LogP contribution in [0.3, 0.4) is 0 Å². The molecule has 0 unspecified atom stereocenters. The number of hydrogen-bond donors (Lipinski definition) is 1. The van der Waals surface area contributed by atoms with Gasteiger partial charge in [0.2, 0.25) is 0 Å². The fraction of sp³-hybridized carbons (Fsp3) is 0.200. The molecule has 0 aliphatic heterocycles. The Morgan fingerprint density at radius 3 is 2.87 bits per heavy atom. The number of rotatable bonds is 6. The molecule has 0 aromatic carbocycles. The lowest BCUT2D eigenvalue weighted by atomic mass is 10.2. The van der Waals surface area contributed by atoms with Crippen LogP contribution in [0.15, 0.2) is 41.8 Å². The van der Waals surface area contributed by atoms with Gasteiger partial charge in [-0.25, -0.2) is 4.98 Å². The van der Waals surface area contributed by atoms with Crippen molar-refractivity contribution in [1.29, 1.82) is 5.26 Å². The molecule has 0 aliphatic rings. The summed E-state index contributed by atoms with van der Waals surface area (Å²) in [6.07, 6.45) is 5.13. The number of ether oxygens (including phenoxy) is 1. The predicted molar refractivity (Wildman–Crippen MR) is 87.0 cm³/mol. The van der Waals surface area contributed by atoms with Crippen LogP contribution < -0.4 is 5.32 Å². The molecule has 3 rings (SSSR count). The van der Waals surface area contributed by atoms with Crippen molar-refractivity contribution in [1.82, 2.24) is 19.6 Å². The second kappa shape index (κ2) is 7.09. The van der Waals surface area contributed by atoms with E-state index in [4.69, 9.17) is 4.74 Å². The molecular weight excluding hydrogens is 312 g/mol. The highest BCUT2D eigenvalue weighted by molar-refractivity contribution is 7.99. The first kappa shape index (κ1) is 15.3. The zero-order chi connectivity index (χ0) is 16.1. The van der Waals surface area contributed by atoms with Crippen LogP contribution in [-0.2, 0) is 11.3 Å². The van der Waals surface area contributed by atoms with Gasteiger partial charge in [0.05, 0.1) is 12.1 Å². The minimum atomic E-state index is 0.426. The number of nitrogens with zero attached hydrogens (tertiary/aromatic N) is 5. The average molecular weight is 326 g/mol. The summed E-state index contributed by atoms with van der Waals surface area (Å²) >= 11 is 1.38. The van der Waals surface area contributed by atoms with Crippen LogP contribution in [-0.4, -0.2) is 32.6 Å². The molecule has 0 atom stereocenters. The maximum absolute atomic E-state index is 9.56. The zero-order valence-electron chi connectivity index (χ0n) is 12.4. The van der Waals surface area contributed by atoms with Gasteiger partial charge in [-0.1, -0.05) is 11.8 Å². The Labute approximate surface area is 137 Å². The molecule has 3 heterocycles. The van der Waals surface area contributed by atoms with Crippen LogP contribution >= 0.6 is 11.8 Å². The standard InChI is InChI=1S/C15H14N6OS/c1-22-10-23-15-12(8-16)14(21-13(20-15)4-7-19-21)18-9-11-2-5-17-6-3-11/h2-7,18H,9-10H2,1H3. The minimum Gasteiger partial charge on any atom is -0.374 e. The van der Waals surface area contributed by atoms with Crippen LogP contribution in [0.25, 0.3) is 5.65 Å². The highest BCUT2D eigenvalue weighted by atomic mass is 32.2. The van der Waals surface area contributed by atoms with E-state index in [1.165, 1.54) is 11.8 Å². The Hall–Kier alpha value is -2.63. The second-order valence-corrected chi connectivity index (χ2v) is 5.52. The third-order valence-electron chi connectivity index (χ3n) is 3.14. The first-order chi connectivity index (χ1) is 11.3. The van der Waals surface area contributed by atoms with Crippen molar-refractivity contribution in [3.05, 3.63) is 47.9 Å². The Morgan fingerprint density at radius 1 is 1.30 bits per heavy atom. The molecule has 8 heteroatoms. The molecule has 0 saturated heterocycles. The largest absolute Gasteiger partial charge is 0.374 e. The Morgan fingerprint density at radius 2 is 2.13 bits per heavy atom. The van der Waals surface area contributed by atoms with Crippen LogP contribution in [0.4, 0.5) is 5.82 Å². The van der Waals surface area contributed by atoms with Gasteiger partial charge in [-0.15, -0.1) is 0 Å². The van der Waals surface area contributed by atoms with E-state index in [2.05, 4.69) is 26.5 Å². The molecule has 0 radical (unpaired) electrons. The van der Waals surface area contributed by atoms with Gasteiger partial charge in [0.1, 0.15) is 16.7 Å². The van der Waals surface area contributed by atoms with Gasteiger partial charge >= 0.3 is 0 Å². The van der Waals surface area contributed by atoms with Crippen LogP contribution in [0.1, 0.15) is 11.1 Å². The van der Waals surface area contributed by atoms with Crippen molar-refractivity contribution < 1.29 is 4.74 Å². The molecule has 3 aromatic heterocycles. The molecule has 7 nitrogen and oxygen atoms in total. The lowest BCUT2D eigenvalue weighted by molar-refractivity contribution is 0.258. The number of fused-ring (bicyclic) bond motifs is 1. The van der Waals surface area contributed by atoms with E-state index in [0.717, 1.165) is 5.56 Å². The van der Waals surface area contributed by atoms with E-state index in [1.54, 1.807) is 36.3 Å². The quantitative estimate of drug-likeness (QED) is 0.422. The number of methoxy groups -OCH3 is 1. The summed E-state index contributed by atoms with van der Waals surface area (Å²) in [6, 6.07) is 7.85. The van der Waals surface area contributed by atoms with Crippen LogP contribution in [0, 0.1) is 11.3 Å². The highest BCUT2D eigenvalue weighted by Crippen LogP contribution is 2.27. The molecule has 116 valence electrons. The summed E-state index contributed by atoms with van der Waals surface area (Å²) < 4.78 is 6.71. The molecule has 0 spiro atoms. The Bertz CT molecular complexity index is 842. The molecule has 0 bridgehead atoms. The van der Waals surface area contributed by atoms with E-state index in [0.29, 0.717) is 34.5 Å². The van der Waals surface area contributed by atoms with Crippen molar-refractivity contribution in [2.45, 2.75) is 11.6 Å². The molecule has 3 aromatic rings. The predicted octanol–water partition coefficient (Wildman–Crippen LogP) is 2.30. The monoisotopic (exact) mass is 326 g/mol. The average Bonchev–Trinajstić information content (AvgIpc) is 3.06. The lowest BCUT2D eigenvalue weighted by Gasteiger charge is -2.12. The first-order valence-electron chi connectivity index (χ1n) is 6.86. The molecule has 0 fully saturated rings. The van der Waals surface area contributed by atoms with Gasteiger partial charge in [0.15, 0.2) is 11.5 Å². The molecule has 0 amide bonds. The smallest absolute Gasteiger partial charge is 0.158 e. The van der Waals surface area contributed by atoms with Gasteiger partial charge in [0.25, 0.3) is 0 Å². The first-order valence-corrected chi connectivity index (χ1v) is 7.84. The van der Waals surface area contributed by atoms with Crippen molar-refractivity contribution in [3.8, 4) is 6.07 Å². The van der Waals surface area contributed by atoms with Crippen molar-refractivity contribution in [2.24, 2.45) is 0 Å². The number of aromatic nitrogens is 4. The fourth-order valence-electron chi connectivity index (χ4n) is 2.09. The number of hydrogen-bond acceptors (Lipinski definition) is 7. The van der Waals surface area contributed by atoms with Gasteiger partial charge in [0, 0.05) is 32.1 Å². The van der Waals surface area contributed by atoms with Crippen LogP contribution in [0.2, 0.25) is 0 Å². The topological polar surface area (TPSA) is 88.1 Å². The van der Waals surface area contributed by atoms with Gasteiger partial charge in [-0.3, -0.25) is 4.98 Å². The summed E-state index contributed by atoms with van der Waals surface area (Å²) in [7, 11) is 1.61. The molecular formula is C15H14N6OS. The van der Waals surface area contributed by atoms with E-state index in [9.17, 15) is 5.26 Å². The van der Waals surface area contributed by atoms with Crippen molar-refractivity contribution in [3.63, 3.8) is 0 Å².